The lowest BCUT2D eigenvalue weighted by Crippen LogP contribution is -2.25. The van der Waals surface area contributed by atoms with Gasteiger partial charge in [-0.15, -0.1) is 22.7 Å². The normalized spacial score (nSPS) is 12.9. The van der Waals surface area contributed by atoms with Crippen LogP contribution in [0.25, 0.3) is 10.4 Å². The van der Waals surface area contributed by atoms with E-state index < -0.39 is 0 Å². The van der Waals surface area contributed by atoms with Crippen LogP contribution in [0.1, 0.15) is 54.9 Å². The zero-order valence-electron chi connectivity index (χ0n) is 18.1. The number of nitrogens with zero attached hydrogens (tertiary/aromatic N) is 1. The van der Waals surface area contributed by atoms with Crippen LogP contribution >= 0.6 is 22.7 Å². The van der Waals surface area contributed by atoms with Gasteiger partial charge in [0, 0.05) is 4.88 Å². The summed E-state index contributed by atoms with van der Waals surface area (Å²) in [6.45, 7) is 2.19. The molecule has 0 saturated carbocycles. The van der Waals surface area contributed by atoms with Crippen LogP contribution in [-0.2, 0) is 19.4 Å². The fourth-order valence-corrected chi connectivity index (χ4v) is 6.29. The fourth-order valence-electron chi connectivity index (χ4n) is 4.09. The Hall–Kier alpha value is -3.23. The minimum atomic E-state index is -0.295. The van der Waals surface area contributed by atoms with Gasteiger partial charge in [0.25, 0.3) is 11.8 Å². The first-order valence-electron chi connectivity index (χ1n) is 10.9. The van der Waals surface area contributed by atoms with Crippen molar-refractivity contribution < 1.29 is 14.0 Å². The first kappa shape index (κ1) is 21.6. The van der Waals surface area contributed by atoms with Gasteiger partial charge in [-0.3, -0.25) is 9.59 Å². The molecule has 0 atom stereocenters. The zero-order chi connectivity index (χ0) is 22.8. The van der Waals surface area contributed by atoms with Crippen molar-refractivity contribution in [2.24, 2.45) is 0 Å². The monoisotopic (exact) mass is 477 g/mol. The molecule has 0 fully saturated rings. The summed E-state index contributed by atoms with van der Waals surface area (Å²) in [5.41, 5.74) is 2.96. The molecular weight excluding hydrogens is 454 g/mol. The molecule has 3 heterocycles. The summed E-state index contributed by atoms with van der Waals surface area (Å²) in [7, 11) is 0. The summed E-state index contributed by atoms with van der Waals surface area (Å²) in [5, 5.41) is 7.37. The Labute approximate surface area is 199 Å². The van der Waals surface area contributed by atoms with Gasteiger partial charge in [0.2, 0.25) is 0 Å². The number of fused-ring (bicyclic) bond motifs is 1. The van der Waals surface area contributed by atoms with Crippen LogP contribution < -0.4 is 10.6 Å². The molecule has 5 rings (SSSR count). The highest BCUT2D eigenvalue weighted by Gasteiger charge is 2.28. The molecule has 6 nitrogen and oxygen atoms in total. The lowest BCUT2D eigenvalue weighted by molar-refractivity contribution is 0.0948. The molecule has 0 spiro atoms. The number of aryl methyl sites for hydroxylation is 2. The van der Waals surface area contributed by atoms with Crippen molar-refractivity contribution >= 4 is 39.5 Å². The summed E-state index contributed by atoms with van der Waals surface area (Å²) in [4.78, 5) is 33.1. The molecule has 4 aromatic rings. The Bertz CT molecular complexity index is 1290. The summed E-state index contributed by atoms with van der Waals surface area (Å²) in [6, 6.07) is 13.4. The number of rotatable bonds is 6. The number of anilines is 1. The van der Waals surface area contributed by atoms with Crippen molar-refractivity contribution in [1.29, 1.82) is 0 Å². The lowest BCUT2D eigenvalue weighted by Gasteiger charge is -2.13. The first-order chi connectivity index (χ1) is 16.1. The van der Waals surface area contributed by atoms with E-state index in [-0.39, 0.29) is 11.8 Å². The average molecular weight is 478 g/mol. The van der Waals surface area contributed by atoms with Crippen LogP contribution in [0.2, 0.25) is 0 Å². The van der Waals surface area contributed by atoms with Gasteiger partial charge < -0.3 is 15.1 Å². The van der Waals surface area contributed by atoms with Gasteiger partial charge in [0.05, 0.1) is 28.3 Å². The third-order valence-corrected chi connectivity index (χ3v) is 7.84. The molecule has 1 aromatic carbocycles. The molecule has 0 aliphatic heterocycles. The number of thiazole rings is 1. The summed E-state index contributed by atoms with van der Waals surface area (Å²) >= 11 is 3.00. The van der Waals surface area contributed by atoms with E-state index in [2.05, 4.69) is 15.6 Å². The van der Waals surface area contributed by atoms with Gasteiger partial charge in [-0.1, -0.05) is 30.3 Å². The maximum absolute atomic E-state index is 13.3. The van der Waals surface area contributed by atoms with Gasteiger partial charge in [0.15, 0.2) is 0 Å². The molecule has 1 aliphatic rings. The van der Waals surface area contributed by atoms with Crippen molar-refractivity contribution in [3.63, 3.8) is 0 Å². The second-order valence-corrected chi connectivity index (χ2v) is 10.2. The van der Waals surface area contributed by atoms with Crippen molar-refractivity contribution in [2.75, 3.05) is 5.32 Å². The first-order valence-corrected chi connectivity index (χ1v) is 12.5. The Morgan fingerprint density at radius 3 is 2.64 bits per heavy atom. The predicted molar refractivity (Wildman–Crippen MR) is 131 cm³/mol. The molecule has 2 amide bonds. The van der Waals surface area contributed by atoms with Crippen molar-refractivity contribution in [3.8, 4) is 10.4 Å². The fraction of sp³-hybridized carbons (Fsp3) is 0.240. The highest BCUT2D eigenvalue weighted by molar-refractivity contribution is 7.17. The predicted octanol–water partition coefficient (Wildman–Crippen LogP) is 5.83. The Morgan fingerprint density at radius 2 is 1.85 bits per heavy atom. The highest BCUT2D eigenvalue weighted by atomic mass is 32.1. The topological polar surface area (TPSA) is 84.2 Å². The van der Waals surface area contributed by atoms with Crippen molar-refractivity contribution in [1.82, 2.24) is 10.3 Å². The van der Waals surface area contributed by atoms with E-state index in [4.69, 9.17) is 4.42 Å². The van der Waals surface area contributed by atoms with E-state index in [9.17, 15) is 9.59 Å². The van der Waals surface area contributed by atoms with Crippen molar-refractivity contribution in [3.05, 3.63) is 81.2 Å². The van der Waals surface area contributed by atoms with E-state index in [1.165, 1.54) is 27.6 Å². The molecule has 33 heavy (non-hydrogen) atoms. The number of carbonyl (C=O) groups excluding carboxylic acids is 2. The van der Waals surface area contributed by atoms with Gasteiger partial charge in [-0.2, -0.15) is 0 Å². The number of hydrogen-bond donors (Lipinski definition) is 2. The number of thiophene rings is 1. The Morgan fingerprint density at radius 1 is 1.03 bits per heavy atom. The number of aromatic nitrogens is 1. The number of amides is 2. The Balaban J connectivity index is 1.45. The maximum atomic E-state index is 13.3. The van der Waals surface area contributed by atoms with Gasteiger partial charge in [-0.25, -0.2) is 4.98 Å². The van der Waals surface area contributed by atoms with E-state index in [0.717, 1.165) is 46.7 Å². The summed E-state index contributed by atoms with van der Waals surface area (Å²) in [6.07, 6.45) is 5.49. The molecule has 8 heteroatoms. The lowest BCUT2D eigenvalue weighted by atomic mass is 9.95. The molecule has 168 valence electrons. The number of hydrogen-bond acceptors (Lipinski definition) is 6. The maximum Gasteiger partial charge on any atom is 0.276 e. The molecular formula is C25H23N3O3S2. The quantitative estimate of drug-likeness (QED) is 0.366. The number of benzene rings is 1. The molecule has 0 bridgehead atoms. The van der Waals surface area contributed by atoms with Crippen LogP contribution in [0, 0.1) is 6.92 Å². The van der Waals surface area contributed by atoms with Gasteiger partial charge >= 0.3 is 0 Å². The van der Waals surface area contributed by atoms with Crippen LogP contribution in [0.15, 0.2) is 53.1 Å². The smallest absolute Gasteiger partial charge is 0.276 e. The van der Waals surface area contributed by atoms with Gasteiger partial charge in [0.1, 0.15) is 16.5 Å². The third kappa shape index (κ3) is 4.49. The zero-order valence-corrected chi connectivity index (χ0v) is 19.8. The minimum absolute atomic E-state index is 0.196. The summed E-state index contributed by atoms with van der Waals surface area (Å²) < 4.78 is 5.34. The highest BCUT2D eigenvalue weighted by Crippen LogP contribution is 2.39. The molecule has 0 radical (unpaired) electrons. The summed E-state index contributed by atoms with van der Waals surface area (Å²) in [5.74, 6) is 0.194. The Kier molecular flexibility index (Phi) is 6.11. The molecule has 2 N–H and O–H groups in total. The molecule has 1 aliphatic carbocycles. The van der Waals surface area contributed by atoms with Crippen LogP contribution in [0.5, 0.6) is 0 Å². The van der Waals surface area contributed by atoms with Crippen LogP contribution in [0.4, 0.5) is 5.00 Å². The van der Waals surface area contributed by atoms with Crippen LogP contribution in [-0.4, -0.2) is 16.8 Å². The third-order valence-electron chi connectivity index (χ3n) is 5.61. The van der Waals surface area contributed by atoms with Gasteiger partial charge in [-0.05, 0) is 55.9 Å². The number of carbonyl (C=O) groups is 2. The average Bonchev–Trinajstić information content (AvgIpc) is 3.56. The largest absolute Gasteiger partial charge is 0.467 e. The van der Waals surface area contributed by atoms with Crippen LogP contribution in [0.3, 0.4) is 0 Å². The second-order valence-electron chi connectivity index (χ2n) is 7.91. The van der Waals surface area contributed by atoms with E-state index in [0.29, 0.717) is 28.6 Å². The molecule has 0 saturated heterocycles. The van der Waals surface area contributed by atoms with Crippen molar-refractivity contribution in [2.45, 2.75) is 39.2 Å². The minimum Gasteiger partial charge on any atom is -0.467 e. The molecule has 3 aromatic heterocycles. The standard InChI is InChI=1S/C25H23N3O3S2/c1-15-27-21(22(32-15)16-8-3-2-4-9-16)24(30)28-25-20(18-11-5-6-12-19(18)33-25)23(29)26-14-17-10-7-13-31-17/h2-4,7-10,13H,5-6,11-12,14H2,1H3,(H,26,29)(H,28,30). The van der Waals surface area contributed by atoms with E-state index in [1.807, 2.05) is 43.3 Å². The number of nitrogens with one attached hydrogen (secondary N) is 2. The number of furan rings is 1. The SMILES string of the molecule is Cc1nc(C(=O)Nc2sc3c(c2C(=O)NCc2ccco2)CCCC3)c(-c2ccccc2)s1. The second kappa shape index (κ2) is 9.33. The van der Waals surface area contributed by atoms with E-state index >= 15 is 0 Å². The van der Waals surface area contributed by atoms with E-state index in [1.54, 1.807) is 12.3 Å². The molecule has 0 unspecified atom stereocenters.